The Balaban J connectivity index is 3.80. The predicted molar refractivity (Wildman–Crippen MR) is 305 cm³/mol. The summed E-state index contributed by atoms with van der Waals surface area (Å²) in [6.07, 6.45) is 64.6. The maximum Gasteiger partial charge on any atom is 0.306 e. The molecule has 0 aromatic carbocycles. The fourth-order valence-electron chi connectivity index (χ4n) is 9.41. The van der Waals surface area contributed by atoms with Crippen LogP contribution in [0.15, 0.2) is 12.2 Å². The van der Waals surface area contributed by atoms with Gasteiger partial charge in [-0.05, 0) is 32.1 Å². The first-order valence-electron chi connectivity index (χ1n) is 31.4. The van der Waals surface area contributed by atoms with Crippen LogP contribution in [-0.4, -0.2) is 70.0 Å². The topological polar surface area (TPSA) is 111 Å². The van der Waals surface area contributed by atoms with Crippen LogP contribution < -0.4 is 4.89 Å². The molecule has 9 nitrogen and oxygen atoms in total. The van der Waals surface area contributed by atoms with Crippen LogP contribution >= 0.6 is 7.82 Å². The Hall–Kier alpha value is -1.25. The lowest BCUT2D eigenvalue weighted by Gasteiger charge is -2.28. The molecule has 0 saturated carbocycles. The average molecular weight is 1040 g/mol. The lowest BCUT2D eigenvalue weighted by Crippen LogP contribution is -2.37. The zero-order chi connectivity index (χ0) is 52.7. The highest BCUT2D eigenvalue weighted by atomic mass is 31.2. The van der Waals surface area contributed by atoms with Crippen LogP contribution in [0.2, 0.25) is 0 Å². The molecule has 0 aromatic rings. The van der Waals surface area contributed by atoms with E-state index < -0.39 is 26.5 Å². The maximum atomic E-state index is 12.7. The Bertz CT molecular complexity index is 1220. The molecule has 0 bridgehead atoms. The second kappa shape index (κ2) is 54.5. The van der Waals surface area contributed by atoms with Gasteiger partial charge in [0, 0.05) is 12.8 Å². The number of carbonyl (C=O) groups excluding carboxylic acids is 2. The van der Waals surface area contributed by atoms with Crippen molar-refractivity contribution in [3.05, 3.63) is 12.2 Å². The Kier molecular flexibility index (Phi) is 53.6. The van der Waals surface area contributed by atoms with Crippen molar-refractivity contribution in [1.29, 1.82) is 0 Å². The number of allylic oxidation sites excluding steroid dienone is 2. The SMILES string of the molecule is CCCC/C=C\CCCCCCCC(=O)OC(COC(=O)CCCCCCCCCCCCCCCCCCCCCCCCCCCCCCCCCCCCCCC)COP(=O)([O-])OCC[N+](C)(C)C. The van der Waals surface area contributed by atoms with Gasteiger partial charge in [-0.15, -0.1) is 0 Å². The van der Waals surface area contributed by atoms with Crippen LogP contribution in [0.25, 0.3) is 0 Å². The third-order valence-corrected chi connectivity index (χ3v) is 15.2. The largest absolute Gasteiger partial charge is 0.756 e. The van der Waals surface area contributed by atoms with E-state index in [9.17, 15) is 19.0 Å². The minimum atomic E-state index is -4.63. The molecule has 10 heteroatoms. The van der Waals surface area contributed by atoms with Gasteiger partial charge < -0.3 is 27.9 Å². The van der Waals surface area contributed by atoms with Crippen LogP contribution in [0.3, 0.4) is 0 Å². The molecule has 0 rings (SSSR count). The van der Waals surface area contributed by atoms with Crippen LogP contribution in [-0.2, 0) is 32.7 Å². The lowest BCUT2D eigenvalue weighted by atomic mass is 10.0. The molecular weight excluding hydrogens is 918 g/mol. The molecule has 428 valence electrons. The summed E-state index contributed by atoms with van der Waals surface area (Å²) >= 11 is 0. The van der Waals surface area contributed by atoms with E-state index in [0.717, 1.165) is 57.8 Å². The number of quaternary nitrogens is 1. The van der Waals surface area contributed by atoms with Gasteiger partial charge in [0.1, 0.15) is 19.8 Å². The van der Waals surface area contributed by atoms with Gasteiger partial charge in [0.25, 0.3) is 7.82 Å². The number of hydrogen-bond acceptors (Lipinski definition) is 8. The minimum absolute atomic E-state index is 0.0291. The van der Waals surface area contributed by atoms with E-state index in [1.54, 1.807) is 0 Å². The summed E-state index contributed by atoms with van der Waals surface area (Å²) in [5.41, 5.74) is 0. The molecule has 0 spiro atoms. The summed E-state index contributed by atoms with van der Waals surface area (Å²) in [5.74, 6) is -0.830. The first kappa shape index (κ1) is 70.8. The molecule has 0 heterocycles. The van der Waals surface area contributed by atoms with E-state index in [4.69, 9.17) is 18.5 Å². The van der Waals surface area contributed by atoms with Gasteiger partial charge in [-0.3, -0.25) is 14.2 Å². The summed E-state index contributed by atoms with van der Waals surface area (Å²) in [6.45, 7) is 4.23. The second-order valence-corrected chi connectivity index (χ2v) is 24.2. The lowest BCUT2D eigenvalue weighted by molar-refractivity contribution is -0.870. The van der Waals surface area contributed by atoms with Gasteiger partial charge in [0.15, 0.2) is 6.10 Å². The quantitative estimate of drug-likeness (QED) is 0.0195. The minimum Gasteiger partial charge on any atom is -0.756 e. The summed E-state index contributed by atoms with van der Waals surface area (Å²) in [7, 11) is 1.18. The Morgan fingerprint density at radius 2 is 0.722 bits per heavy atom. The number of unbranched alkanes of at least 4 members (excludes halogenated alkanes) is 43. The third kappa shape index (κ3) is 58.0. The number of carbonyl (C=O) groups is 2. The van der Waals surface area contributed by atoms with E-state index in [0.29, 0.717) is 17.4 Å². The Morgan fingerprint density at radius 1 is 0.417 bits per heavy atom. The summed E-state index contributed by atoms with van der Waals surface area (Å²) in [5, 5.41) is 0. The molecule has 0 radical (unpaired) electrons. The zero-order valence-corrected chi connectivity index (χ0v) is 49.6. The van der Waals surface area contributed by atoms with Crippen molar-refractivity contribution < 1.29 is 42.1 Å². The first-order chi connectivity index (χ1) is 35.0. The Labute approximate surface area is 447 Å². The normalized spacial score (nSPS) is 13.2. The van der Waals surface area contributed by atoms with Gasteiger partial charge in [0.05, 0.1) is 27.7 Å². The molecule has 0 aliphatic carbocycles. The average Bonchev–Trinajstić information content (AvgIpc) is 3.34. The van der Waals surface area contributed by atoms with E-state index in [1.807, 2.05) is 21.1 Å². The highest BCUT2D eigenvalue weighted by Crippen LogP contribution is 2.38. The fourth-order valence-corrected chi connectivity index (χ4v) is 10.1. The molecule has 0 aromatic heterocycles. The van der Waals surface area contributed by atoms with Crippen molar-refractivity contribution in [2.24, 2.45) is 0 Å². The van der Waals surface area contributed by atoms with E-state index in [-0.39, 0.29) is 32.0 Å². The number of likely N-dealkylation sites (N-methyl/N-ethyl adjacent to an activating group) is 1. The standard InChI is InChI=1S/C62H122NO8P/c1-6-8-10-12-14-16-18-19-20-21-22-23-24-25-26-27-28-29-30-31-32-33-34-35-36-37-38-39-40-41-42-43-45-46-48-50-52-54-61(64)68-58-60(59-70-72(66,67)69-57-56-63(3,4)5)71-62(65)55-53-51-49-47-44-17-15-13-11-9-7-2/h13,15,60H,6-12,14,16-59H2,1-5H3/b15-13-. The summed E-state index contributed by atoms with van der Waals surface area (Å²) in [6, 6.07) is 0. The van der Waals surface area contributed by atoms with Crippen LogP contribution in [0.5, 0.6) is 0 Å². The zero-order valence-electron chi connectivity index (χ0n) is 48.7. The molecule has 0 aliphatic heterocycles. The second-order valence-electron chi connectivity index (χ2n) is 22.8. The van der Waals surface area contributed by atoms with Crippen LogP contribution in [0, 0.1) is 0 Å². The number of ether oxygens (including phenoxy) is 2. The molecule has 0 fully saturated rings. The van der Waals surface area contributed by atoms with Crippen LogP contribution in [0.1, 0.15) is 322 Å². The van der Waals surface area contributed by atoms with Gasteiger partial charge in [-0.2, -0.15) is 0 Å². The molecule has 72 heavy (non-hydrogen) atoms. The molecule has 2 unspecified atom stereocenters. The molecule has 0 N–H and O–H groups in total. The monoisotopic (exact) mass is 1040 g/mol. The summed E-state index contributed by atoms with van der Waals surface area (Å²) < 4.78 is 34.0. The third-order valence-electron chi connectivity index (χ3n) is 14.3. The van der Waals surface area contributed by atoms with E-state index in [1.165, 1.54) is 231 Å². The number of esters is 2. The van der Waals surface area contributed by atoms with Crippen molar-refractivity contribution >= 4 is 19.8 Å². The first-order valence-corrected chi connectivity index (χ1v) is 32.9. The highest BCUT2D eigenvalue weighted by molar-refractivity contribution is 7.45. The summed E-state index contributed by atoms with van der Waals surface area (Å²) in [4.78, 5) is 37.7. The molecular formula is C62H122NO8P. The fraction of sp³-hybridized carbons (Fsp3) is 0.935. The van der Waals surface area contributed by atoms with Crippen LogP contribution in [0.4, 0.5) is 0 Å². The highest BCUT2D eigenvalue weighted by Gasteiger charge is 2.22. The predicted octanol–water partition coefficient (Wildman–Crippen LogP) is 19.0. The van der Waals surface area contributed by atoms with Crippen molar-refractivity contribution in [3.63, 3.8) is 0 Å². The van der Waals surface area contributed by atoms with Gasteiger partial charge in [-0.1, -0.05) is 289 Å². The molecule has 0 saturated heterocycles. The van der Waals surface area contributed by atoms with Crippen molar-refractivity contribution in [3.8, 4) is 0 Å². The van der Waals surface area contributed by atoms with Gasteiger partial charge in [-0.25, -0.2) is 0 Å². The van der Waals surface area contributed by atoms with Gasteiger partial charge in [0.2, 0.25) is 0 Å². The van der Waals surface area contributed by atoms with Gasteiger partial charge >= 0.3 is 11.9 Å². The number of hydrogen-bond donors (Lipinski definition) is 0. The van der Waals surface area contributed by atoms with E-state index >= 15 is 0 Å². The van der Waals surface area contributed by atoms with Crippen molar-refractivity contribution in [1.82, 2.24) is 0 Å². The number of nitrogens with zero attached hydrogens (tertiary/aromatic N) is 1. The smallest absolute Gasteiger partial charge is 0.306 e. The van der Waals surface area contributed by atoms with E-state index in [2.05, 4.69) is 26.0 Å². The number of rotatable bonds is 59. The molecule has 0 amide bonds. The molecule has 2 atom stereocenters. The molecule has 0 aliphatic rings. The number of phosphoric acid groups is 1. The van der Waals surface area contributed by atoms with Crippen molar-refractivity contribution in [2.45, 2.75) is 328 Å². The van der Waals surface area contributed by atoms with Crippen molar-refractivity contribution in [2.75, 3.05) is 47.5 Å². The Morgan fingerprint density at radius 3 is 1.07 bits per heavy atom. The number of phosphoric ester groups is 1. The maximum absolute atomic E-state index is 12.7.